The fraction of sp³-hybridized carbons (Fsp3) is 0.444. The van der Waals surface area contributed by atoms with Gasteiger partial charge in [-0.25, -0.2) is 29.9 Å². The standard InChI is InChI=1S/C8H6N2.C8H7N.C7H5N3O.2C7H6N2.C5H4N4.6C5H12/c1-2-4-8-7(3-1)5-9-6-10-8;1-3-7-4-2-6-9-8(7)5-1;11-6-2-1-5-3-8-4-9-7(5)10-6;1-2-6-4-8-5-7(6)9-3-1;1-2-4-7-6(3-1)5-8-9-7;1-4-2-8-9-5(4)7-3-6-1;6*1-5(2,3)4/h1-6H;1-4,6H,5H2;1-4H,(H,8,9,10,11);1-4H,5H2;1-5H,(H,8,9);1-3H,(H,6,7,8,9);6*1-4H3. The van der Waals surface area contributed by atoms with Crippen LogP contribution in [0.1, 0.15) is 189 Å². The lowest BCUT2D eigenvalue weighted by atomic mass is 10.0. The van der Waals surface area contributed by atoms with E-state index in [1.165, 1.54) is 30.0 Å². The third-order valence-corrected chi connectivity index (χ3v) is 8.21. The maximum atomic E-state index is 10.8. The van der Waals surface area contributed by atoms with Crippen LogP contribution in [0, 0.1) is 32.5 Å². The van der Waals surface area contributed by atoms with Gasteiger partial charge in [0.05, 0.1) is 46.7 Å². The van der Waals surface area contributed by atoms with Crippen molar-refractivity contribution in [2.45, 2.75) is 179 Å². The zero-order valence-electron chi connectivity index (χ0n) is 57.3. The lowest BCUT2D eigenvalue weighted by Gasteiger charge is -2.05. The summed E-state index contributed by atoms with van der Waals surface area (Å²) in [6, 6.07) is 27.1. The Morgan fingerprint density at radius 2 is 0.839 bits per heavy atom. The van der Waals surface area contributed by atoms with Gasteiger partial charge in [-0.1, -0.05) is 227 Å². The number of hydrogen-bond acceptors (Lipinski definition) is 12. The number of H-pyrrole nitrogens is 3. The molecule has 0 radical (unpaired) electrons. The van der Waals surface area contributed by atoms with Crippen molar-refractivity contribution in [3.63, 3.8) is 0 Å². The number of pyridine rings is 3. The van der Waals surface area contributed by atoms with Crippen molar-refractivity contribution in [2.24, 2.45) is 37.5 Å². The molecule has 87 heavy (non-hydrogen) atoms. The second-order valence-electron chi connectivity index (χ2n) is 30.0. The first-order valence-corrected chi connectivity index (χ1v) is 29.6. The summed E-state index contributed by atoms with van der Waals surface area (Å²) in [4.78, 5) is 49.1. The topological polar surface area (TPSA) is 206 Å². The summed E-state index contributed by atoms with van der Waals surface area (Å²) in [5, 5.41) is 17.3. The number of aromatic amines is 3. The van der Waals surface area contributed by atoms with Crippen LogP contribution in [0.15, 0.2) is 163 Å². The minimum absolute atomic E-state index is 0.142. The molecule has 3 N–H and O–H groups in total. The monoisotopic (exact) mass is 1180 g/mol. The second-order valence-corrected chi connectivity index (χ2v) is 30.0. The molecule has 10 aromatic rings. The van der Waals surface area contributed by atoms with Gasteiger partial charge in [0, 0.05) is 71.4 Å². The fourth-order valence-electron chi connectivity index (χ4n) is 5.39. The van der Waals surface area contributed by atoms with Crippen molar-refractivity contribution in [1.29, 1.82) is 0 Å². The minimum Gasteiger partial charge on any atom is -0.306 e. The number of aromatic nitrogens is 13. The summed E-state index contributed by atoms with van der Waals surface area (Å²) in [7, 11) is 0. The number of nitrogens with one attached hydrogen (secondary N) is 3. The molecule has 15 nitrogen and oxygen atoms in total. The predicted molar refractivity (Wildman–Crippen MR) is 371 cm³/mol. The van der Waals surface area contributed by atoms with Crippen molar-refractivity contribution >= 4 is 56.2 Å². The third kappa shape index (κ3) is 46.7. The summed E-state index contributed by atoms with van der Waals surface area (Å²) in [5.74, 6) is 0. The first-order chi connectivity index (χ1) is 40.2. The maximum Gasteiger partial charge on any atom is 0.249 e. The lowest BCUT2D eigenvalue weighted by Crippen LogP contribution is -2.03. The van der Waals surface area contributed by atoms with Crippen LogP contribution in [0.25, 0.3) is 49.9 Å². The number of hydrogen-bond donors (Lipinski definition) is 3. The van der Waals surface area contributed by atoms with Gasteiger partial charge < -0.3 is 4.98 Å². The molecule has 0 saturated carbocycles. The largest absolute Gasteiger partial charge is 0.306 e. The molecule has 0 atom stereocenters. The van der Waals surface area contributed by atoms with E-state index in [4.69, 9.17) is 0 Å². The number of allylic oxidation sites excluding steroid dienone is 1. The molecule has 8 aromatic heterocycles. The van der Waals surface area contributed by atoms with Gasteiger partial charge in [0.2, 0.25) is 5.56 Å². The van der Waals surface area contributed by atoms with Crippen LogP contribution in [0.5, 0.6) is 0 Å². The quantitative estimate of drug-likeness (QED) is 0.130. The van der Waals surface area contributed by atoms with E-state index in [1.54, 1.807) is 37.2 Å². The van der Waals surface area contributed by atoms with Crippen LogP contribution >= 0.6 is 0 Å². The van der Waals surface area contributed by atoms with Crippen LogP contribution in [-0.2, 0) is 13.0 Å². The zero-order valence-corrected chi connectivity index (χ0v) is 57.3. The number of aliphatic imine (C=N–C) groups is 1. The van der Waals surface area contributed by atoms with Crippen LogP contribution < -0.4 is 5.56 Å². The van der Waals surface area contributed by atoms with Gasteiger partial charge in [-0.2, -0.15) is 10.2 Å². The highest BCUT2D eigenvalue weighted by Gasteiger charge is 2.05. The Bertz CT molecular complexity index is 3180. The average Bonchev–Trinajstić information content (AvgIpc) is 3.93. The molecule has 1 aliphatic heterocycles. The Morgan fingerprint density at radius 3 is 1.36 bits per heavy atom. The molecule has 0 spiro atoms. The Labute approximate surface area is 521 Å². The molecule has 470 valence electrons. The molecule has 1 aliphatic carbocycles. The number of fused-ring (bicyclic) bond motifs is 6. The molecule has 0 saturated heterocycles. The van der Waals surface area contributed by atoms with Gasteiger partial charge in [0.15, 0.2) is 5.65 Å². The van der Waals surface area contributed by atoms with Crippen LogP contribution in [0.3, 0.4) is 0 Å². The van der Waals surface area contributed by atoms with Gasteiger partial charge >= 0.3 is 0 Å². The SMILES string of the molecule is C1=Cc2cccnc2C1.C1=NCc2ncccc21.CC(C)(C)C.CC(C)(C)C.CC(C)(C)C.CC(C)(C)C.CC(C)(C)C.CC(C)(C)C.O=c1ccc2cncnc2[nH]1.c1ccc2[nH]ncc2c1.c1ccc2ncncc2c1.c1ncc2cn[nH]c2n1. The fourth-order valence-corrected chi connectivity index (χ4v) is 5.39. The molecule has 0 bridgehead atoms. The maximum absolute atomic E-state index is 10.8. The van der Waals surface area contributed by atoms with E-state index < -0.39 is 0 Å². The predicted octanol–water partition coefficient (Wildman–Crippen LogP) is 18.8. The molecule has 0 unspecified atom stereocenters. The van der Waals surface area contributed by atoms with E-state index in [-0.39, 0.29) is 5.56 Å². The van der Waals surface area contributed by atoms with Crippen LogP contribution in [0.2, 0.25) is 0 Å². The summed E-state index contributed by atoms with van der Waals surface area (Å²) in [6.45, 7) is 53.3. The molecule has 0 fully saturated rings. The van der Waals surface area contributed by atoms with E-state index >= 15 is 0 Å². The number of rotatable bonds is 0. The van der Waals surface area contributed by atoms with Crippen molar-refractivity contribution in [3.8, 4) is 0 Å². The molecule has 12 rings (SSSR count). The Balaban J connectivity index is 0.000000481. The first kappa shape index (κ1) is 76.8. The van der Waals surface area contributed by atoms with Crippen molar-refractivity contribution < 1.29 is 0 Å². The first-order valence-electron chi connectivity index (χ1n) is 29.6. The number of para-hydroxylation sites is 2. The van der Waals surface area contributed by atoms with Gasteiger partial charge in [0.1, 0.15) is 24.6 Å². The van der Waals surface area contributed by atoms with Crippen molar-refractivity contribution in [2.75, 3.05) is 0 Å². The third-order valence-electron chi connectivity index (χ3n) is 8.21. The highest BCUT2D eigenvalue weighted by Crippen LogP contribution is 2.16. The van der Waals surface area contributed by atoms with Crippen molar-refractivity contribution in [3.05, 3.63) is 186 Å². The number of benzene rings is 2. The van der Waals surface area contributed by atoms with Gasteiger partial charge in [-0.05, 0) is 68.4 Å². The average molecular weight is 1180 g/mol. The molecule has 9 heterocycles. The molecule has 2 aromatic carbocycles. The molecule has 15 heteroatoms. The van der Waals surface area contributed by atoms with Gasteiger partial charge in [-0.15, -0.1) is 0 Å². The highest BCUT2D eigenvalue weighted by molar-refractivity contribution is 5.83. The molecule has 2 aliphatic rings. The summed E-state index contributed by atoms with van der Waals surface area (Å²) < 4.78 is 0. The van der Waals surface area contributed by atoms with E-state index in [0.717, 1.165) is 62.4 Å². The van der Waals surface area contributed by atoms with E-state index in [2.05, 4.69) is 255 Å². The number of nitrogens with zero attached hydrogens (tertiary/aromatic N) is 11. The zero-order chi connectivity index (χ0) is 65.9. The summed E-state index contributed by atoms with van der Waals surface area (Å²) in [5.41, 5.74) is 11.0. The summed E-state index contributed by atoms with van der Waals surface area (Å²) >= 11 is 0. The van der Waals surface area contributed by atoms with Gasteiger partial charge in [0.25, 0.3) is 0 Å². The van der Waals surface area contributed by atoms with Crippen LogP contribution in [-0.4, -0.2) is 71.5 Å². The Morgan fingerprint density at radius 1 is 0.391 bits per heavy atom. The van der Waals surface area contributed by atoms with Crippen LogP contribution in [0.4, 0.5) is 0 Å². The Hall–Kier alpha value is -8.20. The Kier molecular flexibility index (Phi) is 33.6. The second kappa shape index (κ2) is 38.1. The van der Waals surface area contributed by atoms with E-state index in [1.807, 2.05) is 91.5 Å². The van der Waals surface area contributed by atoms with E-state index in [9.17, 15) is 4.79 Å². The normalized spacial score (nSPS) is 11.5. The molecular weight excluding hydrogens is 1080 g/mol. The van der Waals surface area contributed by atoms with E-state index in [0.29, 0.717) is 38.1 Å². The molecule has 0 amide bonds. The minimum atomic E-state index is -0.142. The molecular formula is C72H106N14O. The highest BCUT2D eigenvalue weighted by atomic mass is 16.1. The van der Waals surface area contributed by atoms with Gasteiger partial charge in [-0.3, -0.25) is 30.0 Å². The smallest absolute Gasteiger partial charge is 0.249 e. The summed E-state index contributed by atoms with van der Waals surface area (Å²) in [6.07, 6.45) is 23.9. The lowest BCUT2D eigenvalue weighted by molar-refractivity contribution is 0.469. The van der Waals surface area contributed by atoms with Crippen molar-refractivity contribution in [1.82, 2.24) is 65.3 Å².